The van der Waals surface area contributed by atoms with Crippen molar-refractivity contribution in [2.45, 2.75) is 13.3 Å². The molecule has 4 rings (SSSR count). The van der Waals surface area contributed by atoms with E-state index in [-0.39, 0.29) is 12.3 Å². The minimum atomic E-state index is -0.407. The van der Waals surface area contributed by atoms with Crippen molar-refractivity contribution in [2.24, 2.45) is 5.10 Å². The Morgan fingerprint density at radius 1 is 0.906 bits per heavy atom. The molecule has 0 saturated heterocycles. The SMILES string of the molecule is Cc1cccc(C(=O)Oc2ccc(/C=N\NC(=O)Cc3cccc4ccccc34)cc2)c1. The first-order valence-electron chi connectivity index (χ1n) is 10.3. The Hall–Kier alpha value is -4.25. The van der Waals surface area contributed by atoms with Crippen LogP contribution >= 0.6 is 0 Å². The second-order valence-corrected chi connectivity index (χ2v) is 7.44. The van der Waals surface area contributed by atoms with E-state index < -0.39 is 5.97 Å². The number of fused-ring (bicyclic) bond motifs is 1. The largest absolute Gasteiger partial charge is 0.423 e. The van der Waals surface area contributed by atoms with Gasteiger partial charge in [-0.2, -0.15) is 5.10 Å². The fraction of sp³-hybridized carbons (Fsp3) is 0.0741. The van der Waals surface area contributed by atoms with E-state index >= 15 is 0 Å². The number of hydrogen-bond donors (Lipinski definition) is 1. The molecule has 158 valence electrons. The number of esters is 1. The monoisotopic (exact) mass is 422 g/mol. The van der Waals surface area contributed by atoms with Crippen molar-refractivity contribution in [3.63, 3.8) is 0 Å². The summed E-state index contributed by atoms with van der Waals surface area (Å²) in [4.78, 5) is 24.5. The molecule has 0 saturated carbocycles. The molecule has 0 spiro atoms. The van der Waals surface area contributed by atoms with Gasteiger partial charge >= 0.3 is 5.97 Å². The fourth-order valence-electron chi connectivity index (χ4n) is 3.40. The summed E-state index contributed by atoms with van der Waals surface area (Å²) in [7, 11) is 0. The highest BCUT2D eigenvalue weighted by molar-refractivity contribution is 5.92. The van der Waals surface area contributed by atoms with Crippen molar-refractivity contribution in [3.05, 3.63) is 113 Å². The first-order valence-corrected chi connectivity index (χ1v) is 10.3. The van der Waals surface area contributed by atoms with E-state index in [2.05, 4.69) is 10.5 Å². The van der Waals surface area contributed by atoms with Crippen molar-refractivity contribution < 1.29 is 14.3 Å². The van der Waals surface area contributed by atoms with Crippen molar-refractivity contribution >= 4 is 28.9 Å². The summed E-state index contributed by atoms with van der Waals surface area (Å²) in [6.07, 6.45) is 1.79. The van der Waals surface area contributed by atoms with Gasteiger partial charge in [-0.1, -0.05) is 60.2 Å². The van der Waals surface area contributed by atoms with E-state index in [9.17, 15) is 9.59 Å². The van der Waals surface area contributed by atoms with E-state index in [1.807, 2.05) is 61.5 Å². The average Bonchev–Trinajstić information content (AvgIpc) is 2.80. The van der Waals surface area contributed by atoms with E-state index in [0.717, 1.165) is 27.5 Å². The molecule has 1 N–H and O–H groups in total. The van der Waals surface area contributed by atoms with Gasteiger partial charge in [0.05, 0.1) is 18.2 Å². The van der Waals surface area contributed by atoms with Crippen LogP contribution in [0.2, 0.25) is 0 Å². The van der Waals surface area contributed by atoms with Crippen LogP contribution < -0.4 is 10.2 Å². The number of ether oxygens (including phenoxy) is 1. The molecule has 32 heavy (non-hydrogen) atoms. The third-order valence-corrected chi connectivity index (χ3v) is 4.98. The van der Waals surface area contributed by atoms with Gasteiger partial charge in [-0.15, -0.1) is 0 Å². The van der Waals surface area contributed by atoms with Gasteiger partial charge in [0.2, 0.25) is 5.91 Å². The maximum Gasteiger partial charge on any atom is 0.343 e. The highest BCUT2D eigenvalue weighted by Crippen LogP contribution is 2.19. The first-order chi connectivity index (χ1) is 15.6. The summed E-state index contributed by atoms with van der Waals surface area (Å²) in [5, 5.41) is 6.19. The minimum Gasteiger partial charge on any atom is -0.423 e. The lowest BCUT2D eigenvalue weighted by Crippen LogP contribution is -2.19. The summed E-state index contributed by atoms with van der Waals surface area (Å²) < 4.78 is 5.40. The van der Waals surface area contributed by atoms with Crippen LogP contribution in [0.4, 0.5) is 0 Å². The van der Waals surface area contributed by atoms with E-state index in [0.29, 0.717) is 11.3 Å². The van der Waals surface area contributed by atoms with Crippen molar-refractivity contribution in [2.75, 3.05) is 0 Å². The molecule has 0 heterocycles. The molecule has 0 bridgehead atoms. The molecule has 0 aromatic heterocycles. The number of nitrogens with zero attached hydrogens (tertiary/aromatic N) is 1. The van der Waals surface area contributed by atoms with Gasteiger partial charge < -0.3 is 4.74 Å². The lowest BCUT2D eigenvalue weighted by molar-refractivity contribution is -0.120. The number of nitrogens with one attached hydrogen (secondary N) is 1. The van der Waals surface area contributed by atoms with Crippen molar-refractivity contribution in [1.29, 1.82) is 0 Å². The second kappa shape index (κ2) is 9.71. The predicted molar refractivity (Wildman–Crippen MR) is 126 cm³/mol. The summed E-state index contributed by atoms with van der Waals surface area (Å²) in [5.74, 6) is -0.161. The van der Waals surface area contributed by atoms with Crippen LogP contribution in [0.5, 0.6) is 5.75 Å². The molecular weight excluding hydrogens is 400 g/mol. The normalized spacial score (nSPS) is 10.9. The molecule has 0 aliphatic rings. The summed E-state index contributed by atoms with van der Waals surface area (Å²) in [5.41, 5.74) is 5.78. The number of hydrazone groups is 1. The maximum absolute atomic E-state index is 12.3. The molecule has 5 nitrogen and oxygen atoms in total. The Labute approximate surface area is 186 Å². The summed E-state index contributed by atoms with van der Waals surface area (Å²) >= 11 is 0. The second-order valence-electron chi connectivity index (χ2n) is 7.44. The summed E-state index contributed by atoms with van der Waals surface area (Å²) in [6, 6.07) is 28.0. The molecule has 4 aromatic rings. The van der Waals surface area contributed by atoms with Crippen LogP contribution in [0.1, 0.15) is 27.0 Å². The number of carbonyl (C=O) groups is 2. The Morgan fingerprint density at radius 3 is 2.47 bits per heavy atom. The highest BCUT2D eigenvalue weighted by Gasteiger charge is 2.09. The topological polar surface area (TPSA) is 67.8 Å². The third-order valence-electron chi connectivity index (χ3n) is 4.98. The average molecular weight is 422 g/mol. The smallest absolute Gasteiger partial charge is 0.343 e. The van der Waals surface area contributed by atoms with Crippen LogP contribution in [0.15, 0.2) is 96.1 Å². The van der Waals surface area contributed by atoms with Crippen molar-refractivity contribution in [3.8, 4) is 5.75 Å². The zero-order valence-corrected chi connectivity index (χ0v) is 17.6. The molecule has 4 aromatic carbocycles. The lowest BCUT2D eigenvalue weighted by Gasteiger charge is -2.06. The number of rotatable bonds is 6. The molecule has 0 fully saturated rings. The Morgan fingerprint density at radius 2 is 1.66 bits per heavy atom. The minimum absolute atomic E-state index is 0.193. The zero-order chi connectivity index (χ0) is 22.3. The zero-order valence-electron chi connectivity index (χ0n) is 17.6. The Balaban J connectivity index is 1.32. The van der Waals surface area contributed by atoms with Gasteiger partial charge in [0.25, 0.3) is 0 Å². The van der Waals surface area contributed by atoms with Crippen LogP contribution in [-0.2, 0) is 11.2 Å². The fourth-order valence-corrected chi connectivity index (χ4v) is 3.40. The van der Waals surface area contributed by atoms with Crippen LogP contribution in [0.25, 0.3) is 10.8 Å². The van der Waals surface area contributed by atoms with Gasteiger partial charge in [0.1, 0.15) is 5.75 Å². The molecule has 0 aliphatic heterocycles. The molecule has 1 amide bonds. The van der Waals surface area contributed by atoms with E-state index in [4.69, 9.17) is 4.74 Å². The first kappa shape index (κ1) is 21.0. The van der Waals surface area contributed by atoms with Crippen LogP contribution in [0, 0.1) is 6.92 Å². The number of benzene rings is 4. The Bertz CT molecular complexity index is 1290. The van der Waals surface area contributed by atoms with E-state index in [1.54, 1.807) is 42.6 Å². The molecule has 0 unspecified atom stereocenters. The maximum atomic E-state index is 12.3. The Kier molecular flexibility index (Phi) is 6.37. The predicted octanol–water partition coefficient (Wildman–Crippen LogP) is 5.06. The third kappa shape index (κ3) is 5.26. The van der Waals surface area contributed by atoms with Gasteiger partial charge in [0.15, 0.2) is 0 Å². The number of amides is 1. The molecule has 0 aliphatic carbocycles. The quantitative estimate of drug-likeness (QED) is 0.204. The van der Waals surface area contributed by atoms with Crippen LogP contribution in [0.3, 0.4) is 0 Å². The molecule has 0 atom stereocenters. The standard InChI is InChI=1S/C27H22N2O3/c1-19-6-4-10-23(16-19)27(31)32-24-14-12-20(13-15-24)18-28-29-26(30)17-22-9-5-8-21-7-2-3-11-25(21)22/h2-16,18H,17H2,1H3,(H,29,30)/b28-18-. The van der Waals surface area contributed by atoms with Gasteiger partial charge in [0, 0.05) is 0 Å². The number of aryl methyl sites for hydroxylation is 1. The van der Waals surface area contributed by atoms with Crippen LogP contribution in [-0.4, -0.2) is 18.1 Å². The number of hydrogen-bond acceptors (Lipinski definition) is 4. The van der Waals surface area contributed by atoms with E-state index in [1.165, 1.54) is 0 Å². The lowest BCUT2D eigenvalue weighted by atomic mass is 10.0. The molecular formula is C27H22N2O3. The van der Waals surface area contributed by atoms with Gasteiger partial charge in [-0.05, 0) is 65.2 Å². The number of carbonyl (C=O) groups excluding carboxylic acids is 2. The van der Waals surface area contributed by atoms with Crippen molar-refractivity contribution in [1.82, 2.24) is 5.43 Å². The summed E-state index contributed by atoms with van der Waals surface area (Å²) in [6.45, 7) is 1.92. The highest BCUT2D eigenvalue weighted by atomic mass is 16.5. The molecule has 5 heteroatoms. The van der Waals surface area contributed by atoms with Gasteiger partial charge in [-0.3, -0.25) is 4.79 Å². The molecule has 0 radical (unpaired) electrons. The van der Waals surface area contributed by atoms with Gasteiger partial charge in [-0.25, -0.2) is 10.2 Å².